The van der Waals surface area contributed by atoms with Crippen LogP contribution in [0, 0.1) is 6.92 Å². The zero-order chi connectivity index (χ0) is 14.8. The van der Waals surface area contributed by atoms with E-state index in [0.29, 0.717) is 0 Å². The van der Waals surface area contributed by atoms with E-state index in [1.165, 1.54) is 11.1 Å². The molecule has 1 heterocycles. The van der Waals surface area contributed by atoms with Crippen molar-refractivity contribution >= 4 is 31.9 Å². The van der Waals surface area contributed by atoms with Crippen LogP contribution >= 0.6 is 31.9 Å². The van der Waals surface area contributed by atoms with E-state index >= 15 is 0 Å². The highest BCUT2D eigenvalue weighted by Gasteiger charge is 2.16. The maximum Gasteiger partial charge on any atom is 0.0678 e. The molecule has 2 aromatic carbocycles. The molecule has 106 valence electrons. The first-order chi connectivity index (χ1) is 10.2. The van der Waals surface area contributed by atoms with E-state index in [1.807, 2.05) is 41.2 Å². The number of hydrogen-bond acceptors (Lipinski definition) is 1. The first-order valence-corrected chi connectivity index (χ1v) is 8.37. The quantitative estimate of drug-likeness (QED) is 0.531. The van der Waals surface area contributed by atoms with Crippen LogP contribution in [0.15, 0.2) is 65.4 Å². The topological polar surface area (TPSA) is 17.8 Å². The van der Waals surface area contributed by atoms with E-state index < -0.39 is 0 Å². The molecular formula is C17H14Br2N2. The molecule has 0 saturated heterocycles. The molecule has 0 fully saturated rings. The minimum atomic E-state index is 0.132. The molecule has 0 amide bonds. The normalized spacial score (nSPS) is 12.3. The zero-order valence-corrected chi connectivity index (χ0v) is 14.7. The molecule has 1 atom stereocenters. The third-order valence-electron chi connectivity index (χ3n) is 3.50. The fourth-order valence-corrected chi connectivity index (χ4v) is 3.38. The molecule has 3 rings (SSSR count). The molecule has 21 heavy (non-hydrogen) atoms. The van der Waals surface area contributed by atoms with Gasteiger partial charge < -0.3 is 0 Å². The number of benzene rings is 2. The van der Waals surface area contributed by atoms with Gasteiger partial charge in [0.25, 0.3) is 0 Å². The number of nitrogens with zero attached hydrogens (tertiary/aromatic N) is 2. The number of halogens is 2. The van der Waals surface area contributed by atoms with Crippen molar-refractivity contribution in [3.05, 3.63) is 82.1 Å². The van der Waals surface area contributed by atoms with E-state index in [-0.39, 0.29) is 4.83 Å². The van der Waals surface area contributed by atoms with E-state index in [2.05, 4.69) is 68.3 Å². The smallest absolute Gasteiger partial charge is 0.0678 e. The van der Waals surface area contributed by atoms with Gasteiger partial charge in [-0.2, -0.15) is 5.10 Å². The van der Waals surface area contributed by atoms with Crippen LogP contribution in [0.1, 0.15) is 21.5 Å². The Balaban J connectivity index is 1.95. The van der Waals surface area contributed by atoms with Crippen molar-refractivity contribution in [2.24, 2.45) is 0 Å². The van der Waals surface area contributed by atoms with Gasteiger partial charge in [0.15, 0.2) is 0 Å². The molecule has 0 aliphatic heterocycles. The summed E-state index contributed by atoms with van der Waals surface area (Å²) in [7, 11) is 0. The second kappa shape index (κ2) is 6.16. The third-order valence-corrected chi connectivity index (χ3v) is 5.38. The molecule has 1 unspecified atom stereocenters. The van der Waals surface area contributed by atoms with Crippen molar-refractivity contribution in [1.29, 1.82) is 0 Å². The SMILES string of the molecule is Cc1c(Br)cccc1C(Br)c1cnn(-c2ccccc2)c1. The summed E-state index contributed by atoms with van der Waals surface area (Å²) in [6, 6.07) is 16.4. The standard InChI is InChI=1S/C17H14Br2N2/c1-12-15(8-5-9-16(12)18)17(19)13-10-20-21(11-13)14-6-3-2-4-7-14/h2-11,17H,1H3. The minimum Gasteiger partial charge on any atom is -0.241 e. The van der Waals surface area contributed by atoms with E-state index in [4.69, 9.17) is 0 Å². The second-order valence-electron chi connectivity index (χ2n) is 4.87. The summed E-state index contributed by atoms with van der Waals surface area (Å²) in [6.07, 6.45) is 3.97. The molecule has 0 radical (unpaired) electrons. The van der Waals surface area contributed by atoms with Crippen LogP contribution in [0.3, 0.4) is 0 Å². The molecule has 2 nitrogen and oxygen atoms in total. The van der Waals surface area contributed by atoms with Gasteiger partial charge in [0, 0.05) is 16.2 Å². The van der Waals surface area contributed by atoms with Crippen LogP contribution < -0.4 is 0 Å². The molecule has 0 saturated carbocycles. The maximum absolute atomic E-state index is 4.46. The Kier molecular flexibility index (Phi) is 4.27. The average molecular weight is 406 g/mol. The molecule has 4 heteroatoms. The number of rotatable bonds is 3. The van der Waals surface area contributed by atoms with Crippen LogP contribution in [0.4, 0.5) is 0 Å². The van der Waals surface area contributed by atoms with Gasteiger partial charge in [0.1, 0.15) is 0 Å². The molecule has 1 aromatic heterocycles. The lowest BCUT2D eigenvalue weighted by Crippen LogP contribution is -1.96. The van der Waals surface area contributed by atoms with Gasteiger partial charge >= 0.3 is 0 Å². The Bertz CT molecular complexity index is 750. The highest BCUT2D eigenvalue weighted by Crippen LogP contribution is 2.35. The molecule has 3 aromatic rings. The van der Waals surface area contributed by atoms with Gasteiger partial charge in [0.2, 0.25) is 0 Å². The van der Waals surface area contributed by atoms with Crippen molar-refractivity contribution in [3.8, 4) is 5.69 Å². The Morgan fingerprint density at radius 2 is 1.81 bits per heavy atom. The summed E-state index contributed by atoms with van der Waals surface area (Å²) in [5.41, 5.74) is 4.69. The van der Waals surface area contributed by atoms with Gasteiger partial charge in [0.05, 0.1) is 16.7 Å². The van der Waals surface area contributed by atoms with Gasteiger partial charge in [-0.25, -0.2) is 4.68 Å². The summed E-state index contributed by atoms with van der Waals surface area (Å²) < 4.78 is 3.02. The molecule has 0 bridgehead atoms. The minimum absolute atomic E-state index is 0.132. The average Bonchev–Trinajstić information content (AvgIpc) is 3.00. The summed E-state index contributed by atoms with van der Waals surface area (Å²) in [6.45, 7) is 2.12. The van der Waals surface area contributed by atoms with Gasteiger partial charge in [-0.15, -0.1) is 0 Å². The molecular weight excluding hydrogens is 392 g/mol. The Morgan fingerprint density at radius 1 is 1.05 bits per heavy atom. The van der Waals surface area contributed by atoms with Crippen LogP contribution in [0.25, 0.3) is 5.69 Å². The Labute approximate surface area is 141 Å². The second-order valence-corrected chi connectivity index (χ2v) is 6.64. The first kappa shape index (κ1) is 14.5. The Morgan fingerprint density at radius 3 is 2.57 bits per heavy atom. The van der Waals surface area contributed by atoms with E-state index in [0.717, 1.165) is 15.7 Å². The van der Waals surface area contributed by atoms with Crippen LogP contribution in [-0.4, -0.2) is 9.78 Å². The lowest BCUT2D eigenvalue weighted by molar-refractivity contribution is 0.880. The van der Waals surface area contributed by atoms with Crippen LogP contribution in [0.5, 0.6) is 0 Å². The zero-order valence-electron chi connectivity index (χ0n) is 11.5. The summed E-state index contributed by atoms with van der Waals surface area (Å²) in [4.78, 5) is 0.132. The highest BCUT2D eigenvalue weighted by atomic mass is 79.9. The third kappa shape index (κ3) is 2.97. The van der Waals surface area contributed by atoms with Crippen molar-refractivity contribution in [2.75, 3.05) is 0 Å². The lowest BCUT2D eigenvalue weighted by atomic mass is 10.0. The number of aromatic nitrogens is 2. The Hall–Kier alpha value is -1.39. The van der Waals surface area contributed by atoms with E-state index in [1.54, 1.807) is 0 Å². The summed E-state index contributed by atoms with van der Waals surface area (Å²) in [5, 5.41) is 4.46. The van der Waals surface area contributed by atoms with Crippen molar-refractivity contribution in [3.63, 3.8) is 0 Å². The summed E-state index contributed by atoms with van der Waals surface area (Å²) >= 11 is 7.38. The van der Waals surface area contributed by atoms with Gasteiger partial charge in [-0.05, 0) is 36.2 Å². The fourth-order valence-electron chi connectivity index (χ4n) is 2.27. The molecule has 0 spiro atoms. The van der Waals surface area contributed by atoms with Crippen LogP contribution in [0.2, 0.25) is 0 Å². The number of para-hydroxylation sites is 1. The summed E-state index contributed by atoms with van der Waals surface area (Å²) in [5.74, 6) is 0. The highest BCUT2D eigenvalue weighted by molar-refractivity contribution is 9.10. The lowest BCUT2D eigenvalue weighted by Gasteiger charge is -2.12. The predicted molar refractivity (Wildman–Crippen MR) is 93.2 cm³/mol. The van der Waals surface area contributed by atoms with E-state index in [9.17, 15) is 0 Å². The number of hydrogen-bond donors (Lipinski definition) is 0. The monoisotopic (exact) mass is 404 g/mol. The van der Waals surface area contributed by atoms with Gasteiger partial charge in [-0.1, -0.05) is 62.2 Å². The van der Waals surface area contributed by atoms with Crippen LogP contribution in [-0.2, 0) is 0 Å². The number of alkyl halides is 1. The van der Waals surface area contributed by atoms with Gasteiger partial charge in [-0.3, -0.25) is 0 Å². The molecule has 0 aliphatic rings. The maximum atomic E-state index is 4.46. The van der Waals surface area contributed by atoms with Crippen molar-refractivity contribution in [2.45, 2.75) is 11.8 Å². The fraction of sp³-hybridized carbons (Fsp3) is 0.118. The molecule has 0 aliphatic carbocycles. The van der Waals surface area contributed by atoms with Crippen molar-refractivity contribution < 1.29 is 0 Å². The first-order valence-electron chi connectivity index (χ1n) is 6.66. The predicted octanol–water partition coefficient (Wildman–Crippen LogP) is 5.43. The van der Waals surface area contributed by atoms with Crippen molar-refractivity contribution in [1.82, 2.24) is 9.78 Å². The largest absolute Gasteiger partial charge is 0.241 e. The molecule has 0 N–H and O–H groups in total.